The average molecular weight is 310 g/mol. The molecule has 0 saturated carbocycles. The molecule has 5 nitrogen and oxygen atoms in total. The number of nitrogens with two attached hydrogens (primary N) is 1. The van der Waals surface area contributed by atoms with Crippen molar-refractivity contribution in [2.45, 2.75) is 26.3 Å². The van der Waals surface area contributed by atoms with Gasteiger partial charge in [0.15, 0.2) is 0 Å². The molecule has 2 rings (SSSR count). The standard InChI is InChI=1S/C15H20ClN3O2/c1-9(2)14(17)15(21)18-8-13(20)19-7-6-10-11(16)4-3-5-12(10)19/h3-5,9,14H,6-8,17H2,1-2H3,(H,18,21)/t14-/m0/s1. The maximum absolute atomic E-state index is 12.2. The highest BCUT2D eigenvalue weighted by molar-refractivity contribution is 6.32. The van der Waals surface area contributed by atoms with Crippen molar-refractivity contribution in [3.8, 4) is 0 Å². The van der Waals surface area contributed by atoms with E-state index in [2.05, 4.69) is 5.32 Å². The predicted molar refractivity (Wildman–Crippen MR) is 83.3 cm³/mol. The molecule has 0 aliphatic carbocycles. The zero-order chi connectivity index (χ0) is 15.6. The first-order valence-electron chi connectivity index (χ1n) is 7.03. The Morgan fingerprint density at radius 1 is 1.43 bits per heavy atom. The number of nitrogens with one attached hydrogen (secondary N) is 1. The molecule has 0 unspecified atom stereocenters. The van der Waals surface area contributed by atoms with Crippen molar-refractivity contribution in [3.63, 3.8) is 0 Å². The van der Waals surface area contributed by atoms with Gasteiger partial charge in [-0.25, -0.2) is 0 Å². The van der Waals surface area contributed by atoms with Crippen LogP contribution in [0.5, 0.6) is 0 Å². The first-order chi connectivity index (χ1) is 9.91. The lowest BCUT2D eigenvalue weighted by atomic mass is 10.1. The van der Waals surface area contributed by atoms with Gasteiger partial charge in [-0.05, 0) is 30.0 Å². The molecule has 0 fully saturated rings. The second kappa shape index (κ2) is 6.45. The van der Waals surface area contributed by atoms with Gasteiger partial charge < -0.3 is 16.0 Å². The Morgan fingerprint density at radius 2 is 2.14 bits per heavy atom. The third-order valence-corrected chi connectivity index (χ3v) is 4.06. The van der Waals surface area contributed by atoms with Crippen LogP contribution in [0.3, 0.4) is 0 Å². The van der Waals surface area contributed by atoms with Crippen LogP contribution < -0.4 is 16.0 Å². The van der Waals surface area contributed by atoms with E-state index < -0.39 is 6.04 Å². The molecule has 1 heterocycles. The van der Waals surface area contributed by atoms with Gasteiger partial charge in [-0.1, -0.05) is 31.5 Å². The highest BCUT2D eigenvalue weighted by Gasteiger charge is 2.26. The lowest BCUT2D eigenvalue weighted by Crippen LogP contribution is -2.47. The van der Waals surface area contributed by atoms with Gasteiger partial charge in [-0.2, -0.15) is 0 Å². The maximum atomic E-state index is 12.2. The van der Waals surface area contributed by atoms with E-state index in [1.807, 2.05) is 32.0 Å². The Kier molecular flexibility index (Phi) is 4.85. The van der Waals surface area contributed by atoms with Crippen LogP contribution in [0.15, 0.2) is 18.2 Å². The Hall–Kier alpha value is -1.59. The van der Waals surface area contributed by atoms with Crippen LogP contribution in [0.2, 0.25) is 5.02 Å². The van der Waals surface area contributed by atoms with Crippen LogP contribution in [0.25, 0.3) is 0 Å². The summed E-state index contributed by atoms with van der Waals surface area (Å²) in [4.78, 5) is 25.7. The fourth-order valence-electron chi connectivity index (χ4n) is 2.33. The number of amides is 2. The summed E-state index contributed by atoms with van der Waals surface area (Å²) in [5.74, 6) is -0.421. The lowest BCUT2D eigenvalue weighted by molar-refractivity contribution is -0.126. The van der Waals surface area contributed by atoms with E-state index in [0.717, 1.165) is 17.7 Å². The normalized spacial score (nSPS) is 15.0. The zero-order valence-corrected chi connectivity index (χ0v) is 13.0. The summed E-state index contributed by atoms with van der Waals surface area (Å²) in [6, 6.07) is 4.91. The summed E-state index contributed by atoms with van der Waals surface area (Å²) in [6.07, 6.45) is 0.736. The highest BCUT2D eigenvalue weighted by atomic mass is 35.5. The topological polar surface area (TPSA) is 75.4 Å². The average Bonchev–Trinajstić information content (AvgIpc) is 2.88. The Labute approximate surface area is 129 Å². The van der Waals surface area contributed by atoms with Crippen molar-refractivity contribution < 1.29 is 9.59 Å². The van der Waals surface area contributed by atoms with Gasteiger partial charge in [0.1, 0.15) is 0 Å². The van der Waals surface area contributed by atoms with E-state index in [-0.39, 0.29) is 24.3 Å². The Bertz CT molecular complexity index is 560. The molecular weight excluding hydrogens is 290 g/mol. The first-order valence-corrected chi connectivity index (χ1v) is 7.40. The molecule has 1 aromatic rings. The second-order valence-corrected chi connectivity index (χ2v) is 5.93. The summed E-state index contributed by atoms with van der Waals surface area (Å²) < 4.78 is 0. The van der Waals surface area contributed by atoms with Gasteiger partial charge in [0.25, 0.3) is 0 Å². The summed E-state index contributed by atoms with van der Waals surface area (Å²) >= 11 is 6.12. The third kappa shape index (κ3) is 3.36. The van der Waals surface area contributed by atoms with Gasteiger partial charge in [0, 0.05) is 17.3 Å². The number of anilines is 1. The molecule has 1 aliphatic heterocycles. The van der Waals surface area contributed by atoms with Crippen molar-refractivity contribution >= 4 is 29.1 Å². The minimum absolute atomic E-state index is 0.0337. The number of benzene rings is 1. The molecule has 0 saturated heterocycles. The summed E-state index contributed by atoms with van der Waals surface area (Å²) in [6.45, 7) is 4.27. The predicted octanol–water partition coefficient (Wildman–Crippen LogP) is 1.33. The molecule has 2 amide bonds. The van der Waals surface area contributed by atoms with E-state index in [1.165, 1.54) is 0 Å². The minimum Gasteiger partial charge on any atom is -0.346 e. The van der Waals surface area contributed by atoms with Gasteiger partial charge in [-0.15, -0.1) is 0 Å². The van der Waals surface area contributed by atoms with Crippen LogP contribution in [0.4, 0.5) is 5.69 Å². The molecule has 1 aromatic carbocycles. The van der Waals surface area contributed by atoms with Crippen LogP contribution in [0, 0.1) is 5.92 Å². The molecule has 0 aromatic heterocycles. The fraction of sp³-hybridized carbons (Fsp3) is 0.467. The molecule has 1 atom stereocenters. The largest absolute Gasteiger partial charge is 0.346 e. The number of nitrogens with zero attached hydrogens (tertiary/aromatic N) is 1. The van der Waals surface area contributed by atoms with E-state index in [4.69, 9.17) is 17.3 Å². The number of rotatable bonds is 4. The quantitative estimate of drug-likeness (QED) is 0.881. The Balaban J connectivity index is 1.98. The van der Waals surface area contributed by atoms with Crippen molar-refractivity contribution in [1.82, 2.24) is 5.32 Å². The molecule has 0 radical (unpaired) electrons. The summed E-state index contributed by atoms with van der Waals surface area (Å²) in [5.41, 5.74) is 7.55. The van der Waals surface area contributed by atoms with Crippen LogP contribution >= 0.6 is 11.6 Å². The first kappa shape index (κ1) is 15.8. The van der Waals surface area contributed by atoms with Crippen LogP contribution in [0.1, 0.15) is 19.4 Å². The van der Waals surface area contributed by atoms with Crippen molar-refractivity contribution in [3.05, 3.63) is 28.8 Å². The summed E-state index contributed by atoms with van der Waals surface area (Å²) in [5, 5.41) is 3.27. The molecule has 1 aliphatic rings. The number of hydrogen-bond acceptors (Lipinski definition) is 3. The van der Waals surface area contributed by atoms with Gasteiger partial charge in [-0.3, -0.25) is 9.59 Å². The monoisotopic (exact) mass is 309 g/mol. The molecule has 0 bridgehead atoms. The Morgan fingerprint density at radius 3 is 2.81 bits per heavy atom. The van der Waals surface area contributed by atoms with E-state index in [9.17, 15) is 9.59 Å². The second-order valence-electron chi connectivity index (χ2n) is 5.52. The van der Waals surface area contributed by atoms with E-state index in [0.29, 0.717) is 11.6 Å². The third-order valence-electron chi connectivity index (χ3n) is 3.71. The van der Waals surface area contributed by atoms with Crippen LogP contribution in [-0.4, -0.2) is 30.9 Å². The van der Waals surface area contributed by atoms with Crippen molar-refractivity contribution in [2.24, 2.45) is 11.7 Å². The molecule has 3 N–H and O–H groups in total. The highest BCUT2D eigenvalue weighted by Crippen LogP contribution is 2.33. The van der Waals surface area contributed by atoms with E-state index in [1.54, 1.807) is 4.90 Å². The van der Waals surface area contributed by atoms with Gasteiger partial charge in [0.2, 0.25) is 11.8 Å². The molecule has 114 valence electrons. The number of fused-ring (bicyclic) bond motifs is 1. The van der Waals surface area contributed by atoms with Gasteiger partial charge in [0.05, 0.1) is 12.6 Å². The minimum atomic E-state index is -0.599. The lowest BCUT2D eigenvalue weighted by Gasteiger charge is -2.19. The van der Waals surface area contributed by atoms with E-state index >= 15 is 0 Å². The molecule has 0 spiro atoms. The molecular formula is C15H20ClN3O2. The number of hydrogen-bond donors (Lipinski definition) is 2. The van der Waals surface area contributed by atoms with Crippen LogP contribution in [-0.2, 0) is 16.0 Å². The summed E-state index contributed by atoms with van der Waals surface area (Å²) in [7, 11) is 0. The molecule has 21 heavy (non-hydrogen) atoms. The van der Waals surface area contributed by atoms with Crippen molar-refractivity contribution in [1.29, 1.82) is 0 Å². The fourth-order valence-corrected chi connectivity index (χ4v) is 2.59. The SMILES string of the molecule is CC(C)[C@H](N)C(=O)NCC(=O)N1CCc2c(Cl)cccc21. The number of carbonyl (C=O) groups is 2. The molecule has 6 heteroatoms. The number of halogens is 1. The maximum Gasteiger partial charge on any atom is 0.246 e. The smallest absolute Gasteiger partial charge is 0.246 e. The van der Waals surface area contributed by atoms with Gasteiger partial charge >= 0.3 is 0 Å². The number of carbonyl (C=O) groups excluding carboxylic acids is 2. The van der Waals surface area contributed by atoms with Crippen molar-refractivity contribution in [2.75, 3.05) is 18.0 Å². The zero-order valence-electron chi connectivity index (χ0n) is 12.2.